The van der Waals surface area contributed by atoms with Crippen LogP contribution in [0.3, 0.4) is 0 Å². The Kier molecular flexibility index (Phi) is 3.44. The maximum absolute atomic E-state index is 3.72. The molecule has 16 heavy (non-hydrogen) atoms. The second kappa shape index (κ2) is 4.52. The van der Waals surface area contributed by atoms with Crippen LogP contribution in [0.2, 0.25) is 0 Å². The van der Waals surface area contributed by atoms with Gasteiger partial charge in [0.2, 0.25) is 0 Å². The lowest BCUT2D eigenvalue weighted by molar-refractivity contribution is 0.317. The van der Waals surface area contributed by atoms with E-state index in [0.29, 0.717) is 5.41 Å². The normalized spacial score (nSPS) is 19.5. The molecule has 1 atom stereocenters. The number of hydrogen-bond acceptors (Lipinski definition) is 0. The van der Waals surface area contributed by atoms with E-state index >= 15 is 0 Å². The van der Waals surface area contributed by atoms with Gasteiger partial charge in [-0.15, -0.1) is 0 Å². The minimum Gasteiger partial charge on any atom is -0.0922 e. The molecule has 0 spiro atoms. The molecule has 1 saturated carbocycles. The maximum atomic E-state index is 3.72. The highest BCUT2D eigenvalue weighted by Gasteiger charge is 2.40. The molecule has 1 heteroatoms. The summed E-state index contributed by atoms with van der Waals surface area (Å²) in [4.78, 5) is 0. The average molecular weight is 281 g/mol. The van der Waals surface area contributed by atoms with Crippen LogP contribution in [-0.4, -0.2) is 5.33 Å². The summed E-state index contributed by atoms with van der Waals surface area (Å²) in [6.07, 6.45) is 4.07. The van der Waals surface area contributed by atoms with Crippen LogP contribution in [0.1, 0.15) is 36.5 Å². The summed E-state index contributed by atoms with van der Waals surface area (Å²) in [6, 6.07) is 6.64. The van der Waals surface area contributed by atoms with Crippen molar-refractivity contribution in [3.63, 3.8) is 0 Å². The van der Waals surface area contributed by atoms with Crippen molar-refractivity contribution >= 4 is 15.9 Å². The van der Waals surface area contributed by atoms with Crippen molar-refractivity contribution in [1.82, 2.24) is 0 Å². The van der Waals surface area contributed by atoms with Gasteiger partial charge in [-0.2, -0.15) is 0 Å². The molecule has 0 aliphatic heterocycles. The fraction of sp³-hybridized carbons (Fsp3) is 0.600. The second-order valence-corrected chi connectivity index (χ2v) is 6.17. The molecule has 1 aromatic carbocycles. The molecule has 0 bridgehead atoms. The van der Waals surface area contributed by atoms with Crippen LogP contribution >= 0.6 is 15.9 Å². The highest BCUT2D eigenvalue weighted by Crippen LogP contribution is 2.48. The fourth-order valence-corrected chi connectivity index (χ4v) is 3.27. The van der Waals surface area contributed by atoms with Gasteiger partial charge < -0.3 is 0 Å². The first-order chi connectivity index (χ1) is 7.57. The zero-order chi connectivity index (χ0) is 11.8. The molecular weight excluding hydrogens is 260 g/mol. The average Bonchev–Trinajstić information content (AvgIpc) is 3.07. The van der Waals surface area contributed by atoms with Crippen LogP contribution in [-0.2, 0) is 6.42 Å². The number of benzene rings is 1. The van der Waals surface area contributed by atoms with Gasteiger partial charge in [0, 0.05) is 5.33 Å². The van der Waals surface area contributed by atoms with Crippen LogP contribution in [0.4, 0.5) is 0 Å². The van der Waals surface area contributed by atoms with Crippen LogP contribution in [0.25, 0.3) is 0 Å². The molecule has 0 amide bonds. The minimum atomic E-state index is 0.455. The van der Waals surface area contributed by atoms with Crippen molar-refractivity contribution in [3.8, 4) is 0 Å². The first-order valence-corrected chi connectivity index (χ1v) is 7.30. The summed E-state index contributed by atoms with van der Waals surface area (Å²) in [5.41, 5.74) is 4.92. The standard InChI is InChI=1S/C15H21Br/c1-11-5-4-6-12(2)14(11)9-15(3,10-16)13-7-8-13/h4-6,13H,7-10H2,1-3H3. The quantitative estimate of drug-likeness (QED) is 0.704. The zero-order valence-corrected chi connectivity index (χ0v) is 12.1. The Labute approximate surface area is 108 Å². The molecule has 0 heterocycles. The summed E-state index contributed by atoms with van der Waals surface area (Å²) in [6.45, 7) is 6.92. The molecule has 0 aromatic heterocycles. The molecule has 0 N–H and O–H groups in total. The molecule has 1 aliphatic rings. The monoisotopic (exact) mass is 280 g/mol. The smallest absolute Gasteiger partial charge is 0.00911 e. The molecule has 1 aromatic rings. The molecule has 0 radical (unpaired) electrons. The number of rotatable bonds is 4. The highest BCUT2D eigenvalue weighted by atomic mass is 79.9. The Morgan fingerprint density at radius 3 is 2.25 bits per heavy atom. The lowest BCUT2D eigenvalue weighted by Crippen LogP contribution is -2.25. The Morgan fingerprint density at radius 1 is 1.25 bits per heavy atom. The molecule has 1 unspecified atom stereocenters. The first kappa shape index (κ1) is 12.2. The van der Waals surface area contributed by atoms with E-state index in [9.17, 15) is 0 Å². The third-order valence-electron chi connectivity index (χ3n) is 4.09. The second-order valence-electron chi connectivity index (χ2n) is 5.61. The molecule has 0 saturated heterocycles. The van der Waals surface area contributed by atoms with Gasteiger partial charge in [0.25, 0.3) is 0 Å². The lowest BCUT2D eigenvalue weighted by Gasteiger charge is -2.29. The fourth-order valence-electron chi connectivity index (χ4n) is 2.61. The van der Waals surface area contributed by atoms with Crippen LogP contribution < -0.4 is 0 Å². The molecule has 2 rings (SSSR count). The van der Waals surface area contributed by atoms with Crippen molar-refractivity contribution in [2.45, 2.75) is 40.0 Å². The van der Waals surface area contributed by atoms with Gasteiger partial charge in [-0.25, -0.2) is 0 Å². The Morgan fingerprint density at radius 2 is 1.81 bits per heavy atom. The van der Waals surface area contributed by atoms with Crippen molar-refractivity contribution in [1.29, 1.82) is 0 Å². The highest BCUT2D eigenvalue weighted by molar-refractivity contribution is 9.09. The minimum absolute atomic E-state index is 0.455. The van der Waals surface area contributed by atoms with Gasteiger partial charge in [-0.3, -0.25) is 0 Å². The number of halogens is 1. The lowest BCUT2D eigenvalue weighted by atomic mass is 9.79. The third-order valence-corrected chi connectivity index (χ3v) is 5.37. The van der Waals surface area contributed by atoms with E-state index in [2.05, 4.69) is 54.9 Å². The topological polar surface area (TPSA) is 0 Å². The molecule has 1 fully saturated rings. The third kappa shape index (κ3) is 2.34. The predicted molar refractivity (Wildman–Crippen MR) is 74.2 cm³/mol. The van der Waals surface area contributed by atoms with Crippen molar-refractivity contribution in [2.24, 2.45) is 11.3 Å². The van der Waals surface area contributed by atoms with E-state index in [1.807, 2.05) is 0 Å². The van der Waals surface area contributed by atoms with Gasteiger partial charge >= 0.3 is 0 Å². The molecule has 88 valence electrons. The van der Waals surface area contributed by atoms with E-state index in [0.717, 1.165) is 11.2 Å². The summed E-state index contributed by atoms with van der Waals surface area (Å²) >= 11 is 3.72. The van der Waals surface area contributed by atoms with E-state index in [1.165, 1.54) is 30.4 Å². The van der Waals surface area contributed by atoms with Crippen LogP contribution in [0, 0.1) is 25.2 Å². The van der Waals surface area contributed by atoms with E-state index < -0.39 is 0 Å². The number of hydrogen-bond donors (Lipinski definition) is 0. The van der Waals surface area contributed by atoms with Crippen molar-refractivity contribution < 1.29 is 0 Å². The first-order valence-electron chi connectivity index (χ1n) is 6.18. The Balaban J connectivity index is 2.25. The Bertz CT molecular complexity index is 359. The summed E-state index contributed by atoms with van der Waals surface area (Å²) in [5, 5.41) is 1.12. The molecule has 0 nitrogen and oxygen atoms in total. The van der Waals surface area contributed by atoms with E-state index in [4.69, 9.17) is 0 Å². The predicted octanol–water partition coefficient (Wildman–Crippen LogP) is 4.66. The van der Waals surface area contributed by atoms with Gasteiger partial charge in [-0.05, 0) is 61.1 Å². The van der Waals surface area contributed by atoms with Gasteiger partial charge in [0.1, 0.15) is 0 Å². The zero-order valence-electron chi connectivity index (χ0n) is 10.5. The largest absolute Gasteiger partial charge is 0.0922 e. The van der Waals surface area contributed by atoms with Crippen LogP contribution in [0.15, 0.2) is 18.2 Å². The number of aryl methyl sites for hydroxylation is 2. The summed E-state index contributed by atoms with van der Waals surface area (Å²) in [7, 11) is 0. The van der Waals surface area contributed by atoms with E-state index in [1.54, 1.807) is 5.56 Å². The van der Waals surface area contributed by atoms with Crippen LogP contribution in [0.5, 0.6) is 0 Å². The Hall–Kier alpha value is -0.300. The summed E-state index contributed by atoms with van der Waals surface area (Å²) in [5.74, 6) is 0.936. The SMILES string of the molecule is Cc1cccc(C)c1CC(C)(CBr)C1CC1. The van der Waals surface area contributed by atoms with Crippen molar-refractivity contribution in [3.05, 3.63) is 34.9 Å². The summed E-state index contributed by atoms with van der Waals surface area (Å²) < 4.78 is 0. The molecule has 1 aliphatic carbocycles. The van der Waals surface area contributed by atoms with Gasteiger partial charge in [-0.1, -0.05) is 41.1 Å². The molecular formula is C15H21Br. The van der Waals surface area contributed by atoms with Gasteiger partial charge in [0.15, 0.2) is 0 Å². The van der Waals surface area contributed by atoms with Gasteiger partial charge in [0.05, 0.1) is 0 Å². The van der Waals surface area contributed by atoms with Crippen molar-refractivity contribution in [2.75, 3.05) is 5.33 Å². The van der Waals surface area contributed by atoms with E-state index in [-0.39, 0.29) is 0 Å². The number of alkyl halides is 1. The maximum Gasteiger partial charge on any atom is 0.00911 e.